The van der Waals surface area contributed by atoms with Crippen molar-refractivity contribution in [2.24, 2.45) is 29.0 Å². The Morgan fingerprint density at radius 3 is 1.82 bits per heavy atom. The number of hydrogen-bond donors (Lipinski definition) is 7. The van der Waals surface area contributed by atoms with Crippen molar-refractivity contribution in [3.8, 4) is 0 Å². The number of nitrogens with two attached hydrogens (primary N) is 3. The van der Waals surface area contributed by atoms with E-state index in [1.165, 1.54) is 0 Å². The Bertz CT molecular complexity index is 758. The van der Waals surface area contributed by atoms with Crippen LogP contribution in [0.1, 0.15) is 59.8 Å². The molecule has 0 spiro atoms. The van der Waals surface area contributed by atoms with Crippen molar-refractivity contribution >= 4 is 35.5 Å². The molecule has 5 amide bonds. The third-order valence-corrected chi connectivity index (χ3v) is 5.19. The molecule has 0 fully saturated rings. The number of aliphatic carboxylic acids is 1. The van der Waals surface area contributed by atoms with E-state index in [-0.39, 0.29) is 18.8 Å². The van der Waals surface area contributed by atoms with Crippen molar-refractivity contribution < 1.29 is 33.9 Å². The van der Waals surface area contributed by atoms with Crippen LogP contribution in [0, 0.1) is 11.8 Å². The minimum absolute atomic E-state index is 0.125. The molecule has 0 saturated heterocycles. The Hall–Kier alpha value is -3.22. The van der Waals surface area contributed by atoms with Crippen molar-refractivity contribution in [2.75, 3.05) is 0 Å². The van der Waals surface area contributed by atoms with Crippen LogP contribution >= 0.6 is 0 Å². The second kappa shape index (κ2) is 14.8. The quantitative estimate of drug-likeness (QED) is 0.129. The van der Waals surface area contributed by atoms with Gasteiger partial charge >= 0.3 is 5.97 Å². The van der Waals surface area contributed by atoms with Crippen molar-refractivity contribution in [2.45, 2.75) is 84.0 Å². The second-order valence-corrected chi connectivity index (χ2v) is 8.74. The van der Waals surface area contributed by atoms with Gasteiger partial charge in [0.05, 0.1) is 12.5 Å². The first kappa shape index (κ1) is 30.8. The van der Waals surface area contributed by atoms with Gasteiger partial charge in [0.25, 0.3) is 0 Å². The molecule has 0 aliphatic carbocycles. The highest BCUT2D eigenvalue weighted by Gasteiger charge is 2.33. The Kier molecular flexibility index (Phi) is 13.4. The van der Waals surface area contributed by atoms with E-state index in [1.807, 2.05) is 13.8 Å². The summed E-state index contributed by atoms with van der Waals surface area (Å²) >= 11 is 0. The molecule has 5 unspecified atom stereocenters. The Morgan fingerprint density at radius 1 is 0.824 bits per heavy atom. The summed E-state index contributed by atoms with van der Waals surface area (Å²) in [5.74, 6) is -5.61. The summed E-state index contributed by atoms with van der Waals surface area (Å²) in [6.45, 7) is 7.17. The third-order valence-electron chi connectivity index (χ3n) is 5.19. The number of carboxylic acid groups (broad SMARTS) is 1. The van der Waals surface area contributed by atoms with E-state index in [0.717, 1.165) is 0 Å². The lowest BCUT2D eigenvalue weighted by Gasteiger charge is -2.28. The van der Waals surface area contributed by atoms with Gasteiger partial charge in [-0.2, -0.15) is 0 Å². The highest BCUT2D eigenvalue weighted by atomic mass is 16.4. The van der Waals surface area contributed by atoms with E-state index in [4.69, 9.17) is 17.2 Å². The summed E-state index contributed by atoms with van der Waals surface area (Å²) in [7, 11) is 0. The molecule has 13 nitrogen and oxygen atoms in total. The summed E-state index contributed by atoms with van der Waals surface area (Å²) in [6, 6.07) is -4.86. The standard InChI is InChI=1S/C21H38N6O7/c1-5-11(4)17(20(32)26-14(21(33)34)9-16(24)29)27-19(31)13(6-7-15(23)28)25-18(30)12(22)8-10(2)3/h10-14,17H,5-9,22H2,1-4H3,(H2,23,28)(H2,24,29)(H,25,30)(H,26,32)(H,27,31)(H,33,34). The van der Waals surface area contributed by atoms with Crippen LogP contribution in [0.2, 0.25) is 0 Å². The highest BCUT2D eigenvalue weighted by molar-refractivity contribution is 5.95. The normalized spacial score (nSPS) is 15.4. The van der Waals surface area contributed by atoms with E-state index in [1.54, 1.807) is 13.8 Å². The number of rotatable bonds is 16. The molecule has 0 aromatic carbocycles. The number of carbonyl (C=O) groups excluding carboxylic acids is 5. The molecular weight excluding hydrogens is 448 g/mol. The zero-order valence-electron chi connectivity index (χ0n) is 20.1. The molecule has 0 aliphatic heterocycles. The smallest absolute Gasteiger partial charge is 0.326 e. The first-order valence-corrected chi connectivity index (χ1v) is 11.2. The Balaban J connectivity index is 5.63. The molecule has 13 heteroatoms. The van der Waals surface area contributed by atoms with Gasteiger partial charge in [0.15, 0.2) is 0 Å². The lowest BCUT2D eigenvalue weighted by atomic mass is 9.96. The summed E-state index contributed by atoms with van der Waals surface area (Å²) < 4.78 is 0. The minimum atomic E-state index is -1.58. The minimum Gasteiger partial charge on any atom is -0.480 e. The Labute approximate surface area is 198 Å². The molecule has 194 valence electrons. The second-order valence-electron chi connectivity index (χ2n) is 8.74. The molecule has 5 atom stereocenters. The lowest BCUT2D eigenvalue weighted by Crippen LogP contribution is -2.59. The molecule has 0 aromatic rings. The summed E-state index contributed by atoms with van der Waals surface area (Å²) in [6.07, 6.45) is -0.172. The number of primary amides is 2. The topological polar surface area (TPSA) is 237 Å². The first-order valence-electron chi connectivity index (χ1n) is 11.2. The van der Waals surface area contributed by atoms with Gasteiger partial charge in [0.1, 0.15) is 18.1 Å². The van der Waals surface area contributed by atoms with Gasteiger partial charge in [-0.05, 0) is 24.7 Å². The fraction of sp³-hybridized carbons (Fsp3) is 0.714. The lowest BCUT2D eigenvalue weighted by molar-refractivity contribution is -0.144. The van der Waals surface area contributed by atoms with Crippen LogP contribution in [-0.2, 0) is 28.8 Å². The number of hydrogen-bond acceptors (Lipinski definition) is 7. The number of amides is 5. The molecule has 0 heterocycles. The van der Waals surface area contributed by atoms with E-state index >= 15 is 0 Å². The third kappa shape index (κ3) is 11.6. The van der Waals surface area contributed by atoms with Crippen LogP contribution in [0.15, 0.2) is 0 Å². The molecule has 0 saturated carbocycles. The average molecular weight is 487 g/mol. The van der Waals surface area contributed by atoms with Crippen LogP contribution in [0.25, 0.3) is 0 Å². The van der Waals surface area contributed by atoms with Gasteiger partial charge in [0, 0.05) is 6.42 Å². The van der Waals surface area contributed by atoms with Crippen LogP contribution in [0.3, 0.4) is 0 Å². The molecule has 0 aliphatic rings. The summed E-state index contributed by atoms with van der Waals surface area (Å²) in [5, 5.41) is 16.4. The predicted octanol–water partition coefficient (Wildman–Crippen LogP) is -1.91. The van der Waals surface area contributed by atoms with Crippen molar-refractivity contribution in [3.63, 3.8) is 0 Å². The van der Waals surface area contributed by atoms with Crippen molar-refractivity contribution in [1.29, 1.82) is 0 Å². The fourth-order valence-electron chi connectivity index (χ4n) is 3.07. The van der Waals surface area contributed by atoms with Gasteiger partial charge in [-0.15, -0.1) is 0 Å². The monoisotopic (exact) mass is 486 g/mol. The van der Waals surface area contributed by atoms with Crippen LogP contribution in [0.4, 0.5) is 0 Å². The average Bonchev–Trinajstić information content (AvgIpc) is 2.72. The largest absolute Gasteiger partial charge is 0.480 e. The molecule has 0 radical (unpaired) electrons. The molecule has 10 N–H and O–H groups in total. The predicted molar refractivity (Wildman–Crippen MR) is 123 cm³/mol. The maximum atomic E-state index is 13.0. The maximum Gasteiger partial charge on any atom is 0.326 e. The first-order chi connectivity index (χ1) is 15.7. The molecule has 0 bridgehead atoms. The van der Waals surface area contributed by atoms with Gasteiger partial charge in [0.2, 0.25) is 29.5 Å². The zero-order valence-corrected chi connectivity index (χ0v) is 20.1. The van der Waals surface area contributed by atoms with Gasteiger partial charge in [-0.25, -0.2) is 4.79 Å². The fourth-order valence-corrected chi connectivity index (χ4v) is 3.07. The van der Waals surface area contributed by atoms with Crippen LogP contribution in [0.5, 0.6) is 0 Å². The SMILES string of the molecule is CCC(C)C(NC(=O)C(CCC(N)=O)NC(=O)C(N)CC(C)C)C(=O)NC(CC(N)=O)C(=O)O. The van der Waals surface area contributed by atoms with E-state index in [0.29, 0.717) is 12.8 Å². The zero-order chi connectivity index (χ0) is 26.6. The Morgan fingerprint density at radius 2 is 1.38 bits per heavy atom. The molecule has 0 aromatic heterocycles. The van der Waals surface area contributed by atoms with Crippen LogP contribution < -0.4 is 33.2 Å². The highest BCUT2D eigenvalue weighted by Crippen LogP contribution is 2.11. The van der Waals surface area contributed by atoms with Crippen LogP contribution in [-0.4, -0.2) is 64.8 Å². The van der Waals surface area contributed by atoms with Crippen molar-refractivity contribution in [3.05, 3.63) is 0 Å². The molecular formula is C21H38N6O7. The molecule has 34 heavy (non-hydrogen) atoms. The van der Waals surface area contributed by atoms with Gasteiger partial charge in [-0.1, -0.05) is 34.1 Å². The number of carbonyl (C=O) groups is 6. The van der Waals surface area contributed by atoms with E-state index in [2.05, 4.69) is 16.0 Å². The van der Waals surface area contributed by atoms with Crippen molar-refractivity contribution in [1.82, 2.24) is 16.0 Å². The number of nitrogens with one attached hydrogen (secondary N) is 3. The van der Waals surface area contributed by atoms with E-state index in [9.17, 15) is 33.9 Å². The van der Waals surface area contributed by atoms with Gasteiger partial charge < -0.3 is 38.3 Å². The summed E-state index contributed by atoms with van der Waals surface area (Å²) in [5.41, 5.74) is 16.1. The van der Waals surface area contributed by atoms with E-state index < -0.39 is 72.0 Å². The number of carboxylic acids is 1. The maximum absolute atomic E-state index is 13.0. The van der Waals surface area contributed by atoms with Gasteiger partial charge in [-0.3, -0.25) is 24.0 Å². The molecule has 0 rings (SSSR count). The summed E-state index contributed by atoms with van der Waals surface area (Å²) in [4.78, 5) is 72.0.